The first kappa shape index (κ1) is 18.5. The van der Waals surface area contributed by atoms with Gasteiger partial charge in [0, 0.05) is 11.4 Å². The number of amides is 1. The van der Waals surface area contributed by atoms with Crippen LogP contribution in [0.3, 0.4) is 0 Å². The lowest BCUT2D eigenvalue weighted by Crippen LogP contribution is -2.30. The van der Waals surface area contributed by atoms with Gasteiger partial charge in [-0.2, -0.15) is 0 Å². The minimum atomic E-state index is -0.475. The van der Waals surface area contributed by atoms with Gasteiger partial charge in [0.15, 0.2) is 0 Å². The number of aryl methyl sites for hydroxylation is 1. The fourth-order valence-electron chi connectivity index (χ4n) is 2.87. The Labute approximate surface area is 157 Å². The molecule has 0 aliphatic rings. The van der Waals surface area contributed by atoms with Crippen molar-refractivity contribution in [3.63, 3.8) is 0 Å². The molecule has 0 unspecified atom stereocenters. The van der Waals surface area contributed by atoms with Crippen molar-refractivity contribution >= 4 is 11.9 Å². The zero-order chi connectivity index (χ0) is 19.2. The highest BCUT2D eigenvalue weighted by Crippen LogP contribution is 2.17. The first-order valence-electron chi connectivity index (χ1n) is 8.71. The number of benzene rings is 1. The Balaban J connectivity index is 1.55. The lowest BCUT2D eigenvalue weighted by Gasteiger charge is -2.09. The van der Waals surface area contributed by atoms with Crippen LogP contribution < -0.4 is 5.32 Å². The third kappa shape index (κ3) is 4.67. The van der Waals surface area contributed by atoms with Gasteiger partial charge in [-0.25, -0.2) is 0 Å². The van der Waals surface area contributed by atoms with Gasteiger partial charge in [0.25, 0.3) is 5.91 Å². The fraction of sp³-hybridized carbons (Fsp3) is 0.238. The average Bonchev–Trinajstić information content (AvgIpc) is 3.29. The Morgan fingerprint density at radius 1 is 1.11 bits per heavy atom. The van der Waals surface area contributed by atoms with Crippen molar-refractivity contribution in [2.24, 2.45) is 0 Å². The number of carbonyl (C=O) groups is 2. The molecule has 0 spiro atoms. The van der Waals surface area contributed by atoms with Gasteiger partial charge in [-0.3, -0.25) is 9.59 Å². The smallest absolute Gasteiger partial charge is 0.325 e. The quantitative estimate of drug-likeness (QED) is 0.652. The molecular weight excluding hydrogens is 344 g/mol. The predicted octanol–water partition coefficient (Wildman–Crippen LogP) is 3.22. The number of carbonyl (C=O) groups excluding carboxylic acids is 2. The summed E-state index contributed by atoms with van der Waals surface area (Å²) in [6, 6.07) is 14.9. The average molecular weight is 366 g/mol. The summed E-state index contributed by atoms with van der Waals surface area (Å²) in [6.45, 7) is 4.37. The number of hydrogen-bond acceptors (Lipinski definition) is 4. The van der Waals surface area contributed by atoms with E-state index in [0.29, 0.717) is 12.1 Å². The summed E-state index contributed by atoms with van der Waals surface area (Å²) in [5, 5.41) is 2.62. The van der Waals surface area contributed by atoms with Gasteiger partial charge in [-0.1, -0.05) is 30.3 Å². The second-order valence-corrected chi connectivity index (χ2v) is 6.28. The maximum Gasteiger partial charge on any atom is 0.325 e. The van der Waals surface area contributed by atoms with Crippen LogP contribution in [0.5, 0.6) is 0 Å². The predicted molar refractivity (Wildman–Crippen MR) is 100 cm³/mol. The molecule has 0 aliphatic heterocycles. The van der Waals surface area contributed by atoms with E-state index in [1.54, 1.807) is 6.26 Å². The van der Waals surface area contributed by atoms with Gasteiger partial charge in [0.2, 0.25) is 0 Å². The van der Waals surface area contributed by atoms with E-state index < -0.39 is 5.97 Å². The second kappa shape index (κ2) is 8.40. The molecule has 6 nitrogen and oxygen atoms in total. The van der Waals surface area contributed by atoms with Crippen LogP contribution in [-0.4, -0.2) is 23.0 Å². The van der Waals surface area contributed by atoms with E-state index in [1.165, 1.54) is 0 Å². The molecule has 3 aromatic rings. The van der Waals surface area contributed by atoms with Crippen LogP contribution in [0.4, 0.5) is 0 Å². The maximum absolute atomic E-state index is 12.5. The second-order valence-electron chi connectivity index (χ2n) is 6.28. The van der Waals surface area contributed by atoms with Crippen molar-refractivity contribution in [1.29, 1.82) is 0 Å². The number of nitrogens with zero attached hydrogens (tertiary/aromatic N) is 1. The van der Waals surface area contributed by atoms with Crippen LogP contribution in [0, 0.1) is 13.8 Å². The fourth-order valence-corrected chi connectivity index (χ4v) is 2.87. The summed E-state index contributed by atoms with van der Waals surface area (Å²) in [5.41, 5.74) is 3.20. The van der Waals surface area contributed by atoms with E-state index in [4.69, 9.17) is 9.15 Å². The molecule has 27 heavy (non-hydrogen) atoms. The van der Waals surface area contributed by atoms with Gasteiger partial charge < -0.3 is 19.0 Å². The van der Waals surface area contributed by atoms with Crippen LogP contribution >= 0.6 is 0 Å². The molecule has 140 valence electrons. The SMILES string of the molecule is Cc1cc(C(=O)NCC(=O)OCc2ccccc2)c(C)n1Cc1ccco1. The minimum absolute atomic E-state index is 0.173. The summed E-state index contributed by atoms with van der Waals surface area (Å²) < 4.78 is 12.6. The van der Waals surface area contributed by atoms with E-state index in [1.807, 2.05) is 66.9 Å². The van der Waals surface area contributed by atoms with Crippen molar-refractivity contribution < 1.29 is 18.7 Å². The molecular formula is C21H22N2O4. The topological polar surface area (TPSA) is 73.5 Å². The number of nitrogens with one attached hydrogen (secondary N) is 1. The molecule has 2 aromatic heterocycles. The molecule has 0 saturated heterocycles. The van der Waals surface area contributed by atoms with Crippen molar-refractivity contribution in [3.05, 3.63) is 83.1 Å². The number of ether oxygens (including phenoxy) is 1. The Hall–Kier alpha value is -3.28. The number of hydrogen-bond donors (Lipinski definition) is 1. The largest absolute Gasteiger partial charge is 0.467 e. The van der Waals surface area contributed by atoms with Crippen molar-refractivity contribution in [2.45, 2.75) is 27.0 Å². The first-order valence-corrected chi connectivity index (χ1v) is 8.71. The van der Waals surface area contributed by atoms with Crippen LogP contribution in [-0.2, 0) is 22.7 Å². The highest BCUT2D eigenvalue weighted by Gasteiger charge is 2.17. The summed E-state index contributed by atoms with van der Waals surface area (Å²) in [5.74, 6) is 0.0373. The molecule has 1 N–H and O–H groups in total. The number of furan rings is 1. The van der Waals surface area contributed by atoms with E-state index in [9.17, 15) is 9.59 Å². The first-order chi connectivity index (χ1) is 13.0. The Morgan fingerprint density at radius 2 is 1.89 bits per heavy atom. The van der Waals surface area contributed by atoms with Crippen molar-refractivity contribution in [2.75, 3.05) is 6.54 Å². The molecule has 6 heteroatoms. The van der Waals surface area contributed by atoms with E-state index in [0.717, 1.165) is 22.7 Å². The van der Waals surface area contributed by atoms with Gasteiger partial charge in [0.05, 0.1) is 18.4 Å². The van der Waals surface area contributed by atoms with Crippen LogP contribution in [0.15, 0.2) is 59.2 Å². The minimum Gasteiger partial charge on any atom is -0.467 e. The zero-order valence-corrected chi connectivity index (χ0v) is 15.4. The van der Waals surface area contributed by atoms with E-state index in [2.05, 4.69) is 5.32 Å². The molecule has 2 heterocycles. The van der Waals surface area contributed by atoms with Crippen LogP contribution in [0.1, 0.15) is 33.1 Å². The third-order valence-electron chi connectivity index (χ3n) is 4.35. The molecule has 0 saturated carbocycles. The number of esters is 1. The molecule has 0 bridgehead atoms. The molecule has 1 aromatic carbocycles. The standard InChI is InChI=1S/C21H22N2O4/c1-15-11-19(16(2)23(15)13-18-9-6-10-26-18)21(25)22-12-20(24)27-14-17-7-4-3-5-8-17/h3-11H,12-14H2,1-2H3,(H,22,25). The Bertz CT molecular complexity index is 911. The highest BCUT2D eigenvalue weighted by atomic mass is 16.5. The molecule has 0 radical (unpaired) electrons. The molecule has 0 atom stereocenters. The summed E-state index contributed by atoms with van der Waals surface area (Å²) in [7, 11) is 0. The number of aromatic nitrogens is 1. The van der Waals surface area contributed by atoms with Gasteiger partial charge in [-0.15, -0.1) is 0 Å². The van der Waals surface area contributed by atoms with Crippen molar-refractivity contribution in [3.8, 4) is 0 Å². The highest BCUT2D eigenvalue weighted by molar-refractivity contribution is 5.97. The van der Waals surface area contributed by atoms with Crippen LogP contribution in [0.2, 0.25) is 0 Å². The molecule has 0 aliphatic carbocycles. The third-order valence-corrected chi connectivity index (χ3v) is 4.35. The monoisotopic (exact) mass is 366 g/mol. The van der Waals surface area contributed by atoms with Gasteiger partial charge in [-0.05, 0) is 37.6 Å². The molecule has 0 fully saturated rings. The van der Waals surface area contributed by atoms with E-state index in [-0.39, 0.29) is 19.1 Å². The van der Waals surface area contributed by atoms with Crippen molar-refractivity contribution in [1.82, 2.24) is 9.88 Å². The lowest BCUT2D eigenvalue weighted by molar-refractivity contribution is -0.143. The van der Waals surface area contributed by atoms with Gasteiger partial charge >= 0.3 is 5.97 Å². The van der Waals surface area contributed by atoms with Gasteiger partial charge in [0.1, 0.15) is 18.9 Å². The Morgan fingerprint density at radius 3 is 2.59 bits per heavy atom. The molecule has 1 amide bonds. The maximum atomic E-state index is 12.5. The lowest BCUT2D eigenvalue weighted by atomic mass is 10.2. The summed E-state index contributed by atoms with van der Waals surface area (Å²) in [6.07, 6.45) is 1.62. The number of rotatable bonds is 7. The summed E-state index contributed by atoms with van der Waals surface area (Å²) >= 11 is 0. The van der Waals surface area contributed by atoms with Crippen LogP contribution in [0.25, 0.3) is 0 Å². The normalized spacial score (nSPS) is 10.6. The Kier molecular flexibility index (Phi) is 5.76. The molecule has 3 rings (SSSR count). The zero-order valence-electron chi connectivity index (χ0n) is 15.4. The van der Waals surface area contributed by atoms with E-state index >= 15 is 0 Å². The summed E-state index contributed by atoms with van der Waals surface area (Å²) in [4.78, 5) is 24.3.